The van der Waals surface area contributed by atoms with Gasteiger partial charge in [0.1, 0.15) is 5.75 Å². The number of amides is 2. The molecule has 2 aromatic carbocycles. The number of carbonyl (C=O) groups is 1. The zero-order chi connectivity index (χ0) is 22.5. The maximum Gasteiger partial charge on any atom is 0.318 e. The number of benzene rings is 2. The van der Waals surface area contributed by atoms with Crippen molar-refractivity contribution >= 4 is 11.7 Å². The summed E-state index contributed by atoms with van der Waals surface area (Å²) in [7, 11) is 1.66. The Kier molecular flexibility index (Phi) is 6.84. The molecule has 0 bridgehead atoms. The van der Waals surface area contributed by atoms with Crippen molar-refractivity contribution in [2.24, 2.45) is 5.92 Å². The van der Waals surface area contributed by atoms with Crippen LogP contribution in [0.4, 0.5) is 10.5 Å². The van der Waals surface area contributed by atoms with E-state index in [1.165, 1.54) is 12.8 Å². The Morgan fingerprint density at radius 2 is 1.78 bits per heavy atom. The van der Waals surface area contributed by atoms with Gasteiger partial charge >= 0.3 is 6.03 Å². The van der Waals surface area contributed by atoms with E-state index >= 15 is 0 Å². The van der Waals surface area contributed by atoms with Crippen LogP contribution in [-0.4, -0.2) is 43.2 Å². The standard InChI is InChI=1S/C26H32N4O2/c1-19(22-7-8-22)30(18-21-5-11-25(32-2)12-6-21)26(31)28-23-13-15-29(16-14-23)24-9-3-20(17-27)4-10-24/h3-6,9-12,19,22-23H,7-8,13-16,18H2,1-2H3,(H,28,31). The number of nitriles is 1. The highest BCUT2D eigenvalue weighted by atomic mass is 16.5. The minimum absolute atomic E-state index is 0.0389. The molecule has 2 amide bonds. The van der Waals surface area contributed by atoms with Gasteiger partial charge in [0.2, 0.25) is 0 Å². The van der Waals surface area contributed by atoms with Crippen molar-refractivity contribution in [3.05, 3.63) is 59.7 Å². The van der Waals surface area contributed by atoms with E-state index in [4.69, 9.17) is 10.00 Å². The number of anilines is 1. The smallest absolute Gasteiger partial charge is 0.318 e. The molecule has 1 aliphatic heterocycles. The highest BCUT2D eigenvalue weighted by Crippen LogP contribution is 2.36. The number of urea groups is 1. The number of hydrogen-bond donors (Lipinski definition) is 1. The summed E-state index contributed by atoms with van der Waals surface area (Å²) in [5.74, 6) is 1.44. The number of carbonyl (C=O) groups excluding carboxylic acids is 1. The van der Waals surface area contributed by atoms with Gasteiger partial charge < -0.3 is 19.9 Å². The van der Waals surface area contributed by atoms with Crippen LogP contribution in [0.15, 0.2) is 48.5 Å². The van der Waals surface area contributed by atoms with Crippen LogP contribution < -0.4 is 15.0 Å². The molecule has 2 fully saturated rings. The van der Waals surface area contributed by atoms with E-state index in [0.717, 1.165) is 42.9 Å². The van der Waals surface area contributed by atoms with Crippen LogP contribution in [0, 0.1) is 17.2 Å². The average molecular weight is 433 g/mol. The third kappa shape index (κ3) is 5.34. The molecule has 6 nitrogen and oxygen atoms in total. The summed E-state index contributed by atoms with van der Waals surface area (Å²) in [4.78, 5) is 17.6. The molecule has 1 aliphatic carbocycles. The van der Waals surface area contributed by atoms with Gasteiger partial charge in [0, 0.05) is 37.4 Å². The predicted molar refractivity (Wildman–Crippen MR) is 126 cm³/mol. The van der Waals surface area contributed by atoms with E-state index < -0.39 is 0 Å². The second-order valence-electron chi connectivity index (χ2n) is 8.92. The molecule has 2 aromatic rings. The lowest BCUT2D eigenvalue weighted by Crippen LogP contribution is -2.51. The van der Waals surface area contributed by atoms with E-state index in [0.29, 0.717) is 18.0 Å². The van der Waals surface area contributed by atoms with Crippen LogP contribution >= 0.6 is 0 Å². The van der Waals surface area contributed by atoms with Gasteiger partial charge in [-0.1, -0.05) is 12.1 Å². The van der Waals surface area contributed by atoms with Crippen LogP contribution in [0.1, 0.15) is 43.7 Å². The number of hydrogen-bond acceptors (Lipinski definition) is 4. The zero-order valence-corrected chi connectivity index (χ0v) is 19.0. The third-order valence-corrected chi connectivity index (χ3v) is 6.75. The van der Waals surface area contributed by atoms with Crippen molar-refractivity contribution in [1.29, 1.82) is 5.26 Å². The normalized spacial score (nSPS) is 17.3. The molecule has 1 heterocycles. The van der Waals surface area contributed by atoms with E-state index in [1.54, 1.807) is 7.11 Å². The van der Waals surface area contributed by atoms with Gasteiger partial charge in [-0.3, -0.25) is 0 Å². The second-order valence-corrected chi connectivity index (χ2v) is 8.92. The Hall–Kier alpha value is -3.20. The SMILES string of the molecule is COc1ccc(CN(C(=O)NC2CCN(c3ccc(C#N)cc3)CC2)C(C)C2CC2)cc1. The first-order chi connectivity index (χ1) is 15.6. The largest absolute Gasteiger partial charge is 0.497 e. The molecule has 32 heavy (non-hydrogen) atoms. The van der Waals surface area contributed by atoms with Crippen molar-refractivity contribution in [1.82, 2.24) is 10.2 Å². The lowest BCUT2D eigenvalue weighted by atomic mass is 10.0. The summed E-state index contributed by atoms with van der Waals surface area (Å²) in [5.41, 5.74) is 2.93. The van der Waals surface area contributed by atoms with Crippen LogP contribution in [-0.2, 0) is 6.54 Å². The molecule has 168 valence electrons. The van der Waals surface area contributed by atoms with Gasteiger partial charge in [0.25, 0.3) is 0 Å². The molecule has 0 radical (unpaired) electrons. The van der Waals surface area contributed by atoms with Crippen molar-refractivity contribution in [3.8, 4) is 11.8 Å². The minimum atomic E-state index is 0.0389. The van der Waals surface area contributed by atoms with Crippen molar-refractivity contribution in [2.75, 3.05) is 25.1 Å². The first-order valence-electron chi connectivity index (χ1n) is 11.5. The molecule has 0 aromatic heterocycles. The average Bonchev–Trinajstić information content (AvgIpc) is 3.69. The fourth-order valence-electron chi connectivity index (χ4n) is 4.45. The van der Waals surface area contributed by atoms with E-state index in [-0.39, 0.29) is 18.1 Å². The number of rotatable bonds is 7. The summed E-state index contributed by atoms with van der Waals surface area (Å²) in [6.45, 7) is 4.58. The van der Waals surface area contributed by atoms with Crippen molar-refractivity contribution < 1.29 is 9.53 Å². The molecule has 1 saturated carbocycles. The maximum atomic E-state index is 13.3. The molecule has 2 aliphatic rings. The maximum absolute atomic E-state index is 13.3. The number of nitrogens with zero attached hydrogens (tertiary/aromatic N) is 3. The molecule has 1 N–H and O–H groups in total. The van der Waals surface area contributed by atoms with Crippen molar-refractivity contribution in [2.45, 2.75) is 51.2 Å². The van der Waals surface area contributed by atoms with Crippen LogP contribution in [0.3, 0.4) is 0 Å². The molecular weight excluding hydrogens is 400 g/mol. The Morgan fingerprint density at radius 1 is 1.12 bits per heavy atom. The zero-order valence-electron chi connectivity index (χ0n) is 19.0. The van der Waals surface area contributed by atoms with E-state index in [9.17, 15) is 4.79 Å². The summed E-state index contributed by atoms with van der Waals surface area (Å²) in [6, 6.07) is 18.3. The number of piperidine rings is 1. The van der Waals surface area contributed by atoms with Crippen LogP contribution in [0.2, 0.25) is 0 Å². The first kappa shape index (κ1) is 22.0. The highest BCUT2D eigenvalue weighted by Gasteiger charge is 2.35. The van der Waals surface area contributed by atoms with Gasteiger partial charge in [-0.15, -0.1) is 0 Å². The monoisotopic (exact) mass is 432 g/mol. The van der Waals surface area contributed by atoms with E-state index in [1.807, 2.05) is 53.4 Å². The molecule has 6 heteroatoms. The quantitative estimate of drug-likeness (QED) is 0.697. The highest BCUT2D eigenvalue weighted by molar-refractivity contribution is 5.75. The molecular formula is C26H32N4O2. The fraction of sp³-hybridized carbons (Fsp3) is 0.462. The Bertz CT molecular complexity index is 939. The van der Waals surface area contributed by atoms with Gasteiger partial charge in [0.05, 0.1) is 18.7 Å². The Labute approximate surface area is 190 Å². The summed E-state index contributed by atoms with van der Waals surface area (Å²) < 4.78 is 5.26. The third-order valence-electron chi connectivity index (χ3n) is 6.75. The van der Waals surface area contributed by atoms with Crippen LogP contribution in [0.5, 0.6) is 5.75 Å². The topological polar surface area (TPSA) is 68.6 Å². The molecule has 1 saturated heterocycles. The molecule has 0 spiro atoms. The van der Waals surface area contributed by atoms with Gasteiger partial charge in [-0.05, 0) is 80.5 Å². The van der Waals surface area contributed by atoms with E-state index in [2.05, 4.69) is 23.2 Å². The summed E-state index contributed by atoms with van der Waals surface area (Å²) in [5, 5.41) is 12.3. The molecule has 1 unspecified atom stereocenters. The Balaban J connectivity index is 1.35. The number of nitrogens with one attached hydrogen (secondary N) is 1. The minimum Gasteiger partial charge on any atom is -0.497 e. The number of methoxy groups -OCH3 is 1. The van der Waals surface area contributed by atoms with Gasteiger partial charge in [0.15, 0.2) is 0 Å². The summed E-state index contributed by atoms with van der Waals surface area (Å²) in [6.07, 6.45) is 4.24. The first-order valence-corrected chi connectivity index (χ1v) is 11.5. The fourth-order valence-corrected chi connectivity index (χ4v) is 4.45. The summed E-state index contributed by atoms with van der Waals surface area (Å²) >= 11 is 0. The molecule has 4 rings (SSSR count). The van der Waals surface area contributed by atoms with Gasteiger partial charge in [-0.2, -0.15) is 5.26 Å². The number of ether oxygens (including phenoxy) is 1. The second kappa shape index (κ2) is 9.95. The predicted octanol–water partition coefficient (Wildman–Crippen LogP) is 4.55. The lowest BCUT2D eigenvalue weighted by molar-refractivity contribution is 0.162. The van der Waals surface area contributed by atoms with Crippen molar-refractivity contribution in [3.63, 3.8) is 0 Å². The lowest BCUT2D eigenvalue weighted by Gasteiger charge is -2.36. The van der Waals surface area contributed by atoms with Crippen LogP contribution in [0.25, 0.3) is 0 Å². The van der Waals surface area contributed by atoms with Gasteiger partial charge in [-0.25, -0.2) is 4.79 Å². The Morgan fingerprint density at radius 3 is 2.34 bits per heavy atom. The molecule has 1 atom stereocenters.